The molecule has 1 atom stereocenters. The SMILES string of the molecule is CC(C)CCNCC(CC(=O)O)C(=O)O. The third kappa shape index (κ3) is 7.93. The van der Waals surface area contributed by atoms with Crippen LogP contribution in [0.3, 0.4) is 0 Å². The summed E-state index contributed by atoms with van der Waals surface area (Å²) in [6.45, 7) is 5.09. The smallest absolute Gasteiger partial charge is 0.308 e. The van der Waals surface area contributed by atoms with Gasteiger partial charge in [-0.15, -0.1) is 0 Å². The molecule has 3 N–H and O–H groups in total. The van der Waals surface area contributed by atoms with E-state index in [0.717, 1.165) is 13.0 Å². The zero-order valence-electron chi connectivity index (χ0n) is 9.19. The van der Waals surface area contributed by atoms with E-state index in [0.29, 0.717) is 5.92 Å². The average Bonchev–Trinajstić information content (AvgIpc) is 2.08. The summed E-state index contributed by atoms with van der Waals surface area (Å²) in [6.07, 6.45) is 0.628. The van der Waals surface area contributed by atoms with Crippen LogP contribution in [0.2, 0.25) is 0 Å². The Kier molecular flexibility index (Phi) is 6.70. The molecule has 0 saturated heterocycles. The fourth-order valence-corrected chi connectivity index (χ4v) is 1.12. The highest BCUT2D eigenvalue weighted by atomic mass is 16.4. The van der Waals surface area contributed by atoms with Crippen LogP contribution in [0.5, 0.6) is 0 Å². The Labute approximate surface area is 89.5 Å². The Balaban J connectivity index is 3.77. The second-order valence-electron chi connectivity index (χ2n) is 4.02. The number of rotatable bonds is 8. The molecule has 0 aromatic carbocycles. The largest absolute Gasteiger partial charge is 0.481 e. The highest BCUT2D eigenvalue weighted by Gasteiger charge is 2.20. The summed E-state index contributed by atoms with van der Waals surface area (Å²) < 4.78 is 0. The van der Waals surface area contributed by atoms with Crippen LogP contribution in [-0.2, 0) is 9.59 Å². The maximum atomic E-state index is 10.7. The second kappa shape index (κ2) is 7.23. The number of hydrogen-bond donors (Lipinski definition) is 3. The first-order valence-electron chi connectivity index (χ1n) is 5.08. The van der Waals surface area contributed by atoms with Crippen molar-refractivity contribution >= 4 is 11.9 Å². The first-order chi connectivity index (χ1) is 6.93. The van der Waals surface area contributed by atoms with Crippen molar-refractivity contribution in [2.24, 2.45) is 11.8 Å². The Morgan fingerprint density at radius 3 is 2.27 bits per heavy atom. The van der Waals surface area contributed by atoms with Crippen LogP contribution in [0.25, 0.3) is 0 Å². The molecule has 0 aliphatic carbocycles. The van der Waals surface area contributed by atoms with Gasteiger partial charge in [0.2, 0.25) is 0 Å². The van der Waals surface area contributed by atoms with E-state index in [1.165, 1.54) is 0 Å². The van der Waals surface area contributed by atoms with Gasteiger partial charge in [0.25, 0.3) is 0 Å². The molecule has 15 heavy (non-hydrogen) atoms. The quantitative estimate of drug-likeness (QED) is 0.523. The summed E-state index contributed by atoms with van der Waals surface area (Å²) >= 11 is 0. The van der Waals surface area contributed by atoms with Gasteiger partial charge < -0.3 is 15.5 Å². The Hall–Kier alpha value is -1.10. The maximum Gasteiger partial charge on any atom is 0.308 e. The molecule has 0 rings (SSSR count). The molecular formula is C10H19NO4. The number of carbonyl (C=O) groups is 2. The van der Waals surface area contributed by atoms with Crippen molar-refractivity contribution in [1.29, 1.82) is 0 Å². The van der Waals surface area contributed by atoms with E-state index in [2.05, 4.69) is 19.2 Å². The standard InChI is InChI=1S/C10H19NO4/c1-7(2)3-4-11-6-8(10(14)15)5-9(12)13/h7-8,11H,3-6H2,1-2H3,(H,12,13)(H,14,15). The molecule has 0 aromatic heterocycles. The van der Waals surface area contributed by atoms with Crippen LogP contribution in [0.15, 0.2) is 0 Å². The summed E-state index contributed by atoms with van der Waals surface area (Å²) in [7, 11) is 0. The maximum absolute atomic E-state index is 10.7. The van der Waals surface area contributed by atoms with Crippen molar-refractivity contribution in [3.8, 4) is 0 Å². The monoisotopic (exact) mass is 217 g/mol. The Bertz CT molecular complexity index is 215. The van der Waals surface area contributed by atoms with Crippen molar-refractivity contribution in [2.45, 2.75) is 26.7 Å². The predicted octanol–water partition coefficient (Wildman–Crippen LogP) is 0.798. The molecule has 0 heterocycles. The van der Waals surface area contributed by atoms with E-state index in [-0.39, 0.29) is 13.0 Å². The molecule has 1 unspecified atom stereocenters. The normalized spacial score (nSPS) is 12.7. The summed E-state index contributed by atoms with van der Waals surface area (Å²) in [6, 6.07) is 0. The van der Waals surface area contributed by atoms with Crippen LogP contribution in [0.1, 0.15) is 26.7 Å². The third-order valence-electron chi connectivity index (χ3n) is 2.06. The summed E-state index contributed by atoms with van der Waals surface area (Å²) in [5.41, 5.74) is 0. The minimum atomic E-state index is -1.08. The zero-order chi connectivity index (χ0) is 11.8. The molecule has 0 spiro atoms. The van der Waals surface area contributed by atoms with Gasteiger partial charge in [-0.05, 0) is 18.9 Å². The molecule has 5 nitrogen and oxygen atoms in total. The number of carboxylic acids is 2. The molecule has 0 amide bonds. The lowest BCUT2D eigenvalue weighted by Gasteiger charge is -2.11. The van der Waals surface area contributed by atoms with Gasteiger partial charge in [0, 0.05) is 6.54 Å². The van der Waals surface area contributed by atoms with E-state index in [1.54, 1.807) is 0 Å². The van der Waals surface area contributed by atoms with E-state index >= 15 is 0 Å². The van der Waals surface area contributed by atoms with Gasteiger partial charge in [0.05, 0.1) is 12.3 Å². The molecule has 0 aromatic rings. The van der Waals surface area contributed by atoms with E-state index in [1.807, 2.05) is 0 Å². The lowest BCUT2D eigenvalue weighted by molar-refractivity contribution is -0.148. The summed E-state index contributed by atoms with van der Waals surface area (Å²) in [5.74, 6) is -2.42. The fourth-order valence-electron chi connectivity index (χ4n) is 1.12. The van der Waals surface area contributed by atoms with Crippen molar-refractivity contribution < 1.29 is 19.8 Å². The summed E-state index contributed by atoms with van der Waals surface area (Å²) in [5, 5.41) is 20.2. The number of hydrogen-bond acceptors (Lipinski definition) is 3. The molecular weight excluding hydrogens is 198 g/mol. The van der Waals surface area contributed by atoms with Gasteiger partial charge in [-0.25, -0.2) is 0 Å². The topological polar surface area (TPSA) is 86.6 Å². The molecule has 0 aliphatic heterocycles. The average molecular weight is 217 g/mol. The lowest BCUT2D eigenvalue weighted by Crippen LogP contribution is -2.31. The summed E-state index contributed by atoms with van der Waals surface area (Å²) in [4.78, 5) is 21.0. The van der Waals surface area contributed by atoms with Crippen molar-refractivity contribution in [3.05, 3.63) is 0 Å². The first kappa shape index (κ1) is 13.9. The first-order valence-corrected chi connectivity index (χ1v) is 5.08. The Morgan fingerprint density at radius 1 is 1.27 bits per heavy atom. The third-order valence-corrected chi connectivity index (χ3v) is 2.06. The van der Waals surface area contributed by atoms with Gasteiger partial charge in [-0.3, -0.25) is 9.59 Å². The van der Waals surface area contributed by atoms with Crippen molar-refractivity contribution in [2.75, 3.05) is 13.1 Å². The highest BCUT2D eigenvalue weighted by molar-refractivity contribution is 5.77. The molecule has 5 heteroatoms. The van der Waals surface area contributed by atoms with E-state index < -0.39 is 17.9 Å². The molecule has 88 valence electrons. The van der Waals surface area contributed by atoms with Crippen LogP contribution in [0.4, 0.5) is 0 Å². The minimum Gasteiger partial charge on any atom is -0.481 e. The molecule has 0 radical (unpaired) electrons. The van der Waals surface area contributed by atoms with E-state index in [9.17, 15) is 9.59 Å². The molecule has 0 fully saturated rings. The molecule has 0 saturated carbocycles. The van der Waals surface area contributed by atoms with Gasteiger partial charge in [0.15, 0.2) is 0 Å². The van der Waals surface area contributed by atoms with Gasteiger partial charge in [0.1, 0.15) is 0 Å². The fraction of sp³-hybridized carbons (Fsp3) is 0.800. The number of carboxylic acid groups (broad SMARTS) is 2. The van der Waals surface area contributed by atoms with Gasteiger partial charge >= 0.3 is 11.9 Å². The second-order valence-corrected chi connectivity index (χ2v) is 4.02. The lowest BCUT2D eigenvalue weighted by atomic mass is 10.1. The van der Waals surface area contributed by atoms with Crippen LogP contribution in [-0.4, -0.2) is 35.2 Å². The van der Waals surface area contributed by atoms with Gasteiger partial charge in [-0.1, -0.05) is 13.8 Å². The number of nitrogens with one attached hydrogen (secondary N) is 1. The van der Waals surface area contributed by atoms with Crippen molar-refractivity contribution in [1.82, 2.24) is 5.32 Å². The van der Waals surface area contributed by atoms with E-state index in [4.69, 9.17) is 10.2 Å². The van der Waals surface area contributed by atoms with Crippen LogP contribution in [0, 0.1) is 11.8 Å². The molecule has 0 aliphatic rings. The molecule has 0 bridgehead atoms. The minimum absolute atomic E-state index is 0.217. The Morgan fingerprint density at radius 2 is 1.87 bits per heavy atom. The van der Waals surface area contributed by atoms with Crippen molar-refractivity contribution in [3.63, 3.8) is 0 Å². The number of aliphatic carboxylic acids is 2. The zero-order valence-corrected chi connectivity index (χ0v) is 9.19. The van der Waals surface area contributed by atoms with Gasteiger partial charge in [-0.2, -0.15) is 0 Å². The highest BCUT2D eigenvalue weighted by Crippen LogP contribution is 2.03. The van der Waals surface area contributed by atoms with Crippen LogP contribution >= 0.6 is 0 Å². The predicted molar refractivity (Wildman–Crippen MR) is 55.7 cm³/mol. The van der Waals surface area contributed by atoms with Crippen LogP contribution < -0.4 is 5.32 Å².